The lowest BCUT2D eigenvalue weighted by Crippen LogP contribution is -2.57. The molecule has 1 saturated heterocycles. The molecule has 1 aliphatic carbocycles. The van der Waals surface area contributed by atoms with E-state index in [0.29, 0.717) is 5.70 Å². The number of allylic oxidation sites excluding steroid dienone is 1. The second-order valence-electron chi connectivity index (χ2n) is 3.67. The zero-order valence-corrected chi connectivity index (χ0v) is 9.30. The Kier molecular flexibility index (Phi) is 2.93. The minimum absolute atomic E-state index is 0.219. The lowest BCUT2D eigenvalue weighted by molar-refractivity contribution is -0.220. The fraction of sp³-hybridized carbons (Fsp3) is 0.600. The maximum Gasteiger partial charge on any atom is 0.342 e. The van der Waals surface area contributed by atoms with Gasteiger partial charge in [0.25, 0.3) is 0 Å². The van der Waals surface area contributed by atoms with Gasteiger partial charge in [0.05, 0.1) is 19.9 Å². The predicted molar refractivity (Wildman–Crippen MR) is 53.4 cm³/mol. The van der Waals surface area contributed by atoms with Crippen molar-refractivity contribution in [3.05, 3.63) is 11.8 Å². The molecule has 6 nitrogen and oxygen atoms in total. The molecule has 1 aliphatic heterocycles. The Morgan fingerprint density at radius 2 is 2.00 bits per heavy atom. The van der Waals surface area contributed by atoms with E-state index < -0.39 is 11.8 Å². The SMILES string of the molecule is CON1C(=O)C(=O)N(OC)[C@H]2CCCC=C21. The van der Waals surface area contributed by atoms with Crippen molar-refractivity contribution < 1.29 is 19.3 Å². The lowest BCUT2D eigenvalue weighted by atomic mass is 9.96. The summed E-state index contributed by atoms with van der Waals surface area (Å²) in [5.41, 5.74) is 0.695. The van der Waals surface area contributed by atoms with Crippen molar-refractivity contribution in [2.45, 2.75) is 25.3 Å². The summed E-state index contributed by atoms with van der Waals surface area (Å²) in [7, 11) is 2.76. The van der Waals surface area contributed by atoms with Crippen LogP contribution < -0.4 is 0 Å². The molecule has 88 valence electrons. The number of carbonyl (C=O) groups is 2. The molecular weight excluding hydrogens is 212 g/mol. The monoisotopic (exact) mass is 226 g/mol. The lowest BCUT2D eigenvalue weighted by Gasteiger charge is -2.40. The van der Waals surface area contributed by atoms with Crippen molar-refractivity contribution in [2.75, 3.05) is 14.2 Å². The van der Waals surface area contributed by atoms with E-state index in [0.717, 1.165) is 29.4 Å². The van der Waals surface area contributed by atoms with Crippen LogP contribution >= 0.6 is 0 Å². The Hall–Kier alpha value is -1.40. The zero-order chi connectivity index (χ0) is 11.7. The highest BCUT2D eigenvalue weighted by molar-refractivity contribution is 6.35. The topological polar surface area (TPSA) is 59.1 Å². The van der Waals surface area contributed by atoms with Gasteiger partial charge in [0.1, 0.15) is 6.04 Å². The first-order valence-electron chi connectivity index (χ1n) is 5.16. The fourth-order valence-corrected chi connectivity index (χ4v) is 2.14. The van der Waals surface area contributed by atoms with Gasteiger partial charge in [-0.3, -0.25) is 19.3 Å². The molecule has 1 atom stereocenters. The number of rotatable bonds is 2. The summed E-state index contributed by atoms with van der Waals surface area (Å²) < 4.78 is 0. The first-order chi connectivity index (χ1) is 7.70. The summed E-state index contributed by atoms with van der Waals surface area (Å²) in [5.74, 6) is -1.40. The van der Waals surface area contributed by atoms with Crippen LogP contribution in [-0.4, -0.2) is 42.2 Å². The van der Waals surface area contributed by atoms with E-state index in [1.807, 2.05) is 6.08 Å². The highest BCUT2D eigenvalue weighted by Crippen LogP contribution is 2.30. The average Bonchev–Trinajstić information content (AvgIpc) is 2.31. The molecule has 2 amide bonds. The zero-order valence-electron chi connectivity index (χ0n) is 9.30. The molecule has 0 radical (unpaired) electrons. The smallest absolute Gasteiger partial charge is 0.273 e. The van der Waals surface area contributed by atoms with Crippen molar-refractivity contribution in [1.82, 2.24) is 10.1 Å². The molecule has 2 aliphatic rings. The molecule has 0 bridgehead atoms. The number of piperazine rings is 1. The van der Waals surface area contributed by atoms with Crippen LogP contribution in [0.5, 0.6) is 0 Å². The minimum Gasteiger partial charge on any atom is -0.273 e. The van der Waals surface area contributed by atoms with Crippen LogP contribution in [0.2, 0.25) is 0 Å². The maximum atomic E-state index is 11.7. The molecule has 0 saturated carbocycles. The fourth-order valence-electron chi connectivity index (χ4n) is 2.14. The summed E-state index contributed by atoms with van der Waals surface area (Å²) in [6.45, 7) is 0. The standard InChI is InChI=1S/C10H14N2O4/c1-15-11-7-5-3-4-6-8(7)12(16-2)10(14)9(11)13/h5,8H,3-4,6H2,1-2H3/t8-/m0/s1. The van der Waals surface area contributed by atoms with Gasteiger partial charge < -0.3 is 0 Å². The van der Waals surface area contributed by atoms with Crippen LogP contribution in [0, 0.1) is 0 Å². The van der Waals surface area contributed by atoms with E-state index in [2.05, 4.69) is 0 Å². The van der Waals surface area contributed by atoms with Gasteiger partial charge in [-0.1, -0.05) is 6.08 Å². The van der Waals surface area contributed by atoms with Crippen molar-refractivity contribution in [3.8, 4) is 0 Å². The maximum absolute atomic E-state index is 11.7. The Labute approximate surface area is 93.3 Å². The summed E-state index contributed by atoms with van der Waals surface area (Å²) in [4.78, 5) is 33.3. The van der Waals surface area contributed by atoms with E-state index in [1.165, 1.54) is 14.2 Å². The average molecular weight is 226 g/mol. The van der Waals surface area contributed by atoms with Gasteiger partial charge in [-0.25, -0.2) is 5.06 Å². The predicted octanol–water partition coefficient (Wildman–Crippen LogP) is 0.216. The van der Waals surface area contributed by atoms with Crippen LogP contribution in [0.1, 0.15) is 19.3 Å². The molecule has 1 heterocycles. The van der Waals surface area contributed by atoms with Crippen LogP contribution in [0.25, 0.3) is 0 Å². The summed E-state index contributed by atoms with van der Waals surface area (Å²) >= 11 is 0. The number of hydrogen-bond acceptors (Lipinski definition) is 4. The third-order valence-electron chi connectivity index (χ3n) is 2.84. The van der Waals surface area contributed by atoms with E-state index in [1.54, 1.807) is 0 Å². The first kappa shape index (κ1) is 11.1. The Morgan fingerprint density at radius 1 is 1.25 bits per heavy atom. The van der Waals surface area contributed by atoms with E-state index in [-0.39, 0.29) is 6.04 Å². The van der Waals surface area contributed by atoms with Crippen molar-refractivity contribution >= 4 is 11.8 Å². The molecule has 0 N–H and O–H groups in total. The van der Waals surface area contributed by atoms with Crippen molar-refractivity contribution in [2.24, 2.45) is 0 Å². The molecule has 0 aromatic rings. The normalized spacial score (nSPS) is 25.6. The minimum atomic E-state index is -0.714. The van der Waals surface area contributed by atoms with Gasteiger partial charge in [-0.05, 0) is 19.3 Å². The number of carbonyl (C=O) groups excluding carboxylic acids is 2. The molecule has 0 aromatic carbocycles. The Balaban J connectivity index is 2.38. The van der Waals surface area contributed by atoms with Crippen LogP contribution in [0.3, 0.4) is 0 Å². The van der Waals surface area contributed by atoms with Gasteiger partial charge in [0.2, 0.25) is 0 Å². The molecule has 6 heteroatoms. The third-order valence-corrected chi connectivity index (χ3v) is 2.84. The van der Waals surface area contributed by atoms with Crippen molar-refractivity contribution in [3.63, 3.8) is 0 Å². The molecule has 16 heavy (non-hydrogen) atoms. The highest BCUT2D eigenvalue weighted by Gasteiger charge is 2.44. The van der Waals surface area contributed by atoms with Gasteiger partial charge in [0, 0.05) is 0 Å². The van der Waals surface area contributed by atoms with Crippen LogP contribution in [-0.2, 0) is 19.3 Å². The largest absolute Gasteiger partial charge is 0.342 e. The second-order valence-corrected chi connectivity index (χ2v) is 3.67. The summed E-state index contributed by atoms with van der Waals surface area (Å²) in [5, 5.41) is 2.19. The van der Waals surface area contributed by atoms with Gasteiger partial charge in [-0.15, -0.1) is 0 Å². The first-order valence-corrected chi connectivity index (χ1v) is 5.16. The molecule has 0 aromatic heterocycles. The van der Waals surface area contributed by atoms with Crippen LogP contribution in [0.15, 0.2) is 11.8 Å². The molecule has 1 fully saturated rings. The summed E-state index contributed by atoms with van der Waals surface area (Å²) in [6, 6.07) is -0.219. The van der Waals surface area contributed by atoms with E-state index in [9.17, 15) is 9.59 Å². The third kappa shape index (κ3) is 1.50. The quantitative estimate of drug-likeness (QED) is 0.632. The number of hydroxylamine groups is 4. The highest BCUT2D eigenvalue weighted by atomic mass is 16.7. The molecule has 0 unspecified atom stereocenters. The molecular formula is C10H14N2O4. The molecule has 2 rings (SSSR count). The Morgan fingerprint density at radius 3 is 2.62 bits per heavy atom. The van der Waals surface area contributed by atoms with Gasteiger partial charge in [0.15, 0.2) is 0 Å². The number of nitrogens with zero attached hydrogens (tertiary/aromatic N) is 2. The molecule has 0 spiro atoms. The van der Waals surface area contributed by atoms with Gasteiger partial charge >= 0.3 is 11.8 Å². The van der Waals surface area contributed by atoms with E-state index >= 15 is 0 Å². The summed E-state index contributed by atoms with van der Waals surface area (Å²) in [6.07, 6.45) is 4.53. The number of fused-ring (bicyclic) bond motifs is 1. The Bertz CT molecular complexity index is 353. The van der Waals surface area contributed by atoms with Crippen molar-refractivity contribution in [1.29, 1.82) is 0 Å². The number of hydrogen-bond donors (Lipinski definition) is 0. The van der Waals surface area contributed by atoms with Gasteiger partial charge in [-0.2, -0.15) is 5.06 Å². The number of amides is 2. The second kappa shape index (κ2) is 4.23. The van der Waals surface area contributed by atoms with E-state index in [4.69, 9.17) is 9.68 Å². The van der Waals surface area contributed by atoms with Crippen LogP contribution in [0.4, 0.5) is 0 Å².